The Labute approximate surface area is 347 Å². The van der Waals surface area contributed by atoms with Gasteiger partial charge in [-0.05, 0) is 86.0 Å². The second kappa shape index (κ2) is 21.9. The summed E-state index contributed by atoms with van der Waals surface area (Å²) in [6.07, 6.45) is 2.83. The lowest BCUT2D eigenvalue weighted by atomic mass is 10.1. The average Bonchev–Trinajstić information content (AvgIpc) is 3.25. The van der Waals surface area contributed by atoms with Crippen molar-refractivity contribution in [3.63, 3.8) is 0 Å². The van der Waals surface area contributed by atoms with Crippen LogP contribution in [0.25, 0.3) is 0 Å². The van der Waals surface area contributed by atoms with Crippen LogP contribution in [-0.2, 0) is 24.1 Å². The molecule has 0 unspecified atom stereocenters. The van der Waals surface area contributed by atoms with Crippen LogP contribution in [0.5, 0.6) is 11.5 Å². The van der Waals surface area contributed by atoms with E-state index in [1.165, 1.54) is 0 Å². The fourth-order valence-corrected chi connectivity index (χ4v) is 5.69. The number of hydrogen-bond acceptors (Lipinski definition) is 16. The zero-order chi connectivity index (χ0) is 41.9. The quantitative estimate of drug-likeness (QED) is 0.0339. The Kier molecular flexibility index (Phi) is 15.4. The standard InChI is InChI=1S/C42H48N14O4/c1-56(27-24-36(59)53-55-42-51-39(43-25-23-30-17-21-34(58)22-18-30)50-41(52-42)46-32-12-6-3-7-13-32)28-26-44-54-38(60)37-47-35(14-8-9-29-15-19-33(57)20-16-29)48-40(49-37)45-31-10-4-2-5-11-31/h2-7,10-13,15-22,44,57-58H,8-9,14,23-28H2,1H3,(H,53,59)(H,54,60)(H,45,47,48,49)(H3,43,46,50,51,52,55). The van der Waals surface area contributed by atoms with E-state index in [4.69, 9.17) is 0 Å². The number of benzene rings is 4. The largest absolute Gasteiger partial charge is 0.508 e. The highest BCUT2D eigenvalue weighted by atomic mass is 16.3. The Morgan fingerprint density at radius 1 is 0.583 bits per heavy atom. The molecule has 0 fully saturated rings. The number of aromatic nitrogens is 6. The number of amides is 2. The topological polar surface area (TPSA) is 239 Å². The van der Waals surface area contributed by atoms with Crippen LogP contribution in [-0.4, -0.2) is 90.1 Å². The fraction of sp³-hybridized carbons (Fsp3) is 0.238. The Morgan fingerprint density at radius 2 is 1.17 bits per heavy atom. The lowest BCUT2D eigenvalue weighted by Crippen LogP contribution is -2.42. The summed E-state index contributed by atoms with van der Waals surface area (Å²) in [7, 11) is 1.87. The van der Waals surface area contributed by atoms with Gasteiger partial charge in [0.25, 0.3) is 0 Å². The van der Waals surface area contributed by atoms with Crippen LogP contribution in [0.4, 0.5) is 35.2 Å². The van der Waals surface area contributed by atoms with E-state index in [1.807, 2.05) is 96.9 Å². The molecule has 2 heterocycles. The third kappa shape index (κ3) is 14.2. The van der Waals surface area contributed by atoms with Crippen LogP contribution in [0, 0.1) is 0 Å². The number of nitrogens with zero attached hydrogens (tertiary/aromatic N) is 7. The molecule has 60 heavy (non-hydrogen) atoms. The third-order valence-corrected chi connectivity index (χ3v) is 8.87. The average molecular weight is 813 g/mol. The van der Waals surface area contributed by atoms with Crippen molar-refractivity contribution in [3.05, 3.63) is 132 Å². The van der Waals surface area contributed by atoms with E-state index < -0.39 is 5.91 Å². The predicted molar refractivity (Wildman–Crippen MR) is 229 cm³/mol. The van der Waals surface area contributed by atoms with Gasteiger partial charge < -0.3 is 31.1 Å². The number of rotatable bonds is 22. The maximum absolute atomic E-state index is 13.2. The van der Waals surface area contributed by atoms with Gasteiger partial charge in [-0.15, -0.1) is 0 Å². The summed E-state index contributed by atoms with van der Waals surface area (Å²) in [6.45, 7) is 1.85. The van der Waals surface area contributed by atoms with Crippen LogP contribution >= 0.6 is 0 Å². The predicted octanol–water partition coefficient (Wildman–Crippen LogP) is 4.48. The van der Waals surface area contributed by atoms with Gasteiger partial charge in [0.1, 0.15) is 17.3 Å². The van der Waals surface area contributed by atoms with Crippen molar-refractivity contribution in [1.29, 1.82) is 0 Å². The number of likely N-dealkylation sites (N-methyl/N-ethyl adjacent to an activating group) is 1. The molecule has 18 heteroatoms. The van der Waals surface area contributed by atoms with Gasteiger partial charge in [-0.2, -0.15) is 24.9 Å². The zero-order valence-electron chi connectivity index (χ0n) is 33.1. The molecule has 0 saturated heterocycles. The minimum absolute atomic E-state index is 0.0359. The molecule has 9 N–H and O–H groups in total. The summed E-state index contributed by atoms with van der Waals surface area (Å²) in [5, 5.41) is 28.6. The van der Waals surface area contributed by atoms with Crippen LogP contribution < -0.4 is 37.7 Å². The van der Waals surface area contributed by atoms with E-state index in [9.17, 15) is 19.8 Å². The SMILES string of the molecule is CN(CCNNC(=O)c1nc(CCCc2ccc(O)cc2)nc(Nc2ccccc2)n1)CCC(=O)NNc1nc(NCCc2ccc(O)cc2)nc(Nc2ccccc2)n1. The Balaban J connectivity index is 0.948. The maximum Gasteiger partial charge on any atom is 0.303 e. The summed E-state index contributed by atoms with van der Waals surface area (Å²) < 4.78 is 0. The first kappa shape index (κ1) is 42.2. The minimum atomic E-state index is -0.516. The summed E-state index contributed by atoms with van der Waals surface area (Å²) in [4.78, 5) is 54.5. The molecule has 2 amide bonds. The molecule has 310 valence electrons. The molecule has 2 aromatic heterocycles. The van der Waals surface area contributed by atoms with E-state index in [-0.39, 0.29) is 47.5 Å². The molecule has 18 nitrogen and oxygen atoms in total. The molecule has 0 aliphatic rings. The molecular formula is C42H48N14O4. The number of para-hydroxylation sites is 2. The lowest BCUT2D eigenvalue weighted by molar-refractivity contribution is -0.120. The van der Waals surface area contributed by atoms with Crippen molar-refractivity contribution in [2.45, 2.75) is 32.1 Å². The number of aryl methyl sites for hydroxylation is 2. The molecule has 0 radical (unpaired) electrons. The molecule has 0 spiro atoms. The number of hydrogen-bond donors (Lipinski definition) is 9. The number of hydrazine groups is 2. The molecular weight excluding hydrogens is 765 g/mol. The number of phenolic OH excluding ortho intramolecular Hbond substituents is 2. The first-order valence-corrected chi connectivity index (χ1v) is 19.5. The van der Waals surface area contributed by atoms with E-state index >= 15 is 0 Å². The van der Waals surface area contributed by atoms with Gasteiger partial charge in [0.05, 0.1) is 0 Å². The van der Waals surface area contributed by atoms with Gasteiger partial charge in [0.15, 0.2) is 0 Å². The smallest absolute Gasteiger partial charge is 0.303 e. The highest BCUT2D eigenvalue weighted by Gasteiger charge is 2.15. The van der Waals surface area contributed by atoms with E-state index in [0.717, 1.165) is 35.3 Å². The zero-order valence-corrected chi connectivity index (χ0v) is 33.1. The Hall–Kier alpha value is -7.44. The van der Waals surface area contributed by atoms with Crippen LogP contribution in [0.1, 0.15) is 40.4 Å². The van der Waals surface area contributed by atoms with E-state index in [2.05, 4.69) is 67.6 Å². The van der Waals surface area contributed by atoms with E-state index in [1.54, 1.807) is 24.3 Å². The van der Waals surface area contributed by atoms with Crippen molar-refractivity contribution in [2.24, 2.45) is 0 Å². The molecule has 0 saturated carbocycles. The maximum atomic E-state index is 13.2. The third-order valence-electron chi connectivity index (χ3n) is 8.87. The molecule has 6 aromatic rings. The number of carbonyl (C=O) groups excluding carboxylic acids is 2. The van der Waals surface area contributed by atoms with Gasteiger partial charge in [-0.3, -0.25) is 25.9 Å². The van der Waals surface area contributed by atoms with Gasteiger partial charge >= 0.3 is 5.91 Å². The monoisotopic (exact) mass is 812 g/mol. The van der Waals surface area contributed by atoms with E-state index in [0.29, 0.717) is 50.8 Å². The first-order chi connectivity index (χ1) is 29.2. The number of anilines is 6. The molecule has 0 aliphatic carbocycles. The Bertz CT molecular complexity index is 2270. The van der Waals surface area contributed by atoms with Crippen LogP contribution in [0.2, 0.25) is 0 Å². The fourth-order valence-electron chi connectivity index (χ4n) is 5.69. The lowest BCUT2D eigenvalue weighted by Gasteiger charge is -2.17. The highest BCUT2D eigenvalue weighted by molar-refractivity contribution is 5.90. The number of aromatic hydroxyl groups is 2. The number of carbonyl (C=O) groups is 2. The Morgan fingerprint density at radius 3 is 1.82 bits per heavy atom. The summed E-state index contributed by atoms with van der Waals surface area (Å²) in [6, 6.07) is 32.9. The number of phenols is 2. The second-order valence-electron chi connectivity index (χ2n) is 13.7. The van der Waals surface area contributed by atoms with Gasteiger partial charge in [-0.25, -0.2) is 10.4 Å². The molecule has 0 atom stereocenters. The summed E-state index contributed by atoms with van der Waals surface area (Å²) in [5.41, 5.74) is 14.7. The van der Waals surface area contributed by atoms with Crippen molar-refractivity contribution in [1.82, 2.24) is 51.1 Å². The highest BCUT2D eigenvalue weighted by Crippen LogP contribution is 2.17. The number of nitrogens with one attached hydrogen (secondary N) is 7. The summed E-state index contributed by atoms with van der Waals surface area (Å²) in [5.74, 6) is 1.04. The molecule has 0 aliphatic heterocycles. The van der Waals surface area contributed by atoms with Gasteiger partial charge in [0, 0.05) is 50.4 Å². The molecule has 0 bridgehead atoms. The van der Waals surface area contributed by atoms with Gasteiger partial charge in [-0.1, -0.05) is 60.7 Å². The van der Waals surface area contributed by atoms with Crippen LogP contribution in [0.3, 0.4) is 0 Å². The van der Waals surface area contributed by atoms with Crippen molar-refractivity contribution >= 4 is 47.0 Å². The molecule has 6 rings (SSSR count). The molecule has 4 aromatic carbocycles. The van der Waals surface area contributed by atoms with Gasteiger partial charge in [0.2, 0.25) is 35.5 Å². The minimum Gasteiger partial charge on any atom is -0.508 e. The first-order valence-electron chi connectivity index (χ1n) is 19.5. The normalized spacial score (nSPS) is 10.8. The van der Waals surface area contributed by atoms with Crippen LogP contribution in [0.15, 0.2) is 109 Å². The van der Waals surface area contributed by atoms with Crippen molar-refractivity contribution in [2.75, 3.05) is 54.6 Å². The summed E-state index contributed by atoms with van der Waals surface area (Å²) >= 11 is 0. The van der Waals surface area contributed by atoms with Crippen molar-refractivity contribution < 1.29 is 19.8 Å². The second-order valence-corrected chi connectivity index (χ2v) is 13.7. The van der Waals surface area contributed by atoms with Crippen molar-refractivity contribution in [3.8, 4) is 11.5 Å².